The fourth-order valence-corrected chi connectivity index (χ4v) is 2.54. The first-order valence-electron chi connectivity index (χ1n) is 6.26. The molecule has 2 rings (SSSR count). The van der Waals surface area contributed by atoms with Crippen LogP contribution in [0, 0.1) is 0 Å². The van der Waals surface area contributed by atoms with Crippen LogP contribution in [0.15, 0.2) is 12.4 Å². The number of rotatable bonds is 5. The van der Waals surface area contributed by atoms with E-state index in [4.69, 9.17) is 10.5 Å². The summed E-state index contributed by atoms with van der Waals surface area (Å²) in [6.07, 6.45) is 6.24. The van der Waals surface area contributed by atoms with E-state index in [1.54, 1.807) is 7.11 Å². The summed E-state index contributed by atoms with van der Waals surface area (Å²) in [6.45, 7) is 4.59. The van der Waals surface area contributed by atoms with E-state index in [-0.39, 0.29) is 0 Å². The molecule has 2 heterocycles. The van der Waals surface area contributed by atoms with Gasteiger partial charge < -0.3 is 19.9 Å². The third-order valence-corrected chi connectivity index (χ3v) is 3.44. The lowest BCUT2D eigenvalue weighted by atomic mass is 10.2. The lowest BCUT2D eigenvalue weighted by molar-refractivity contribution is 0.162. The number of hydrogen-bond donors (Lipinski definition) is 1. The number of methoxy groups -OCH3 is 1. The largest absolute Gasteiger partial charge is 0.383 e. The highest BCUT2D eigenvalue weighted by molar-refractivity contribution is 5.35. The highest BCUT2D eigenvalue weighted by atomic mass is 16.5. The lowest BCUT2D eigenvalue weighted by Crippen LogP contribution is -2.37. The third kappa shape index (κ3) is 2.45. The van der Waals surface area contributed by atoms with Crippen LogP contribution in [0.4, 0.5) is 5.95 Å². The summed E-state index contributed by atoms with van der Waals surface area (Å²) < 4.78 is 7.38. The normalized spacial score (nSPS) is 22.1. The van der Waals surface area contributed by atoms with Gasteiger partial charge in [0.2, 0.25) is 5.95 Å². The standard InChI is InChI=1S/C12H22N4O/c1-10(9-17-2)15-7-5-14-12(15)16-6-3-4-11(16)8-13/h5,7,10-11H,3-4,6,8-9,13H2,1-2H3. The SMILES string of the molecule is COCC(C)n1ccnc1N1CCCC1CN. The fraction of sp³-hybridized carbons (Fsp3) is 0.750. The molecule has 5 heteroatoms. The van der Waals surface area contributed by atoms with E-state index in [1.807, 2.05) is 12.4 Å². The molecule has 1 saturated heterocycles. The smallest absolute Gasteiger partial charge is 0.206 e. The maximum absolute atomic E-state index is 5.81. The Labute approximate surface area is 103 Å². The molecular weight excluding hydrogens is 216 g/mol. The summed E-state index contributed by atoms with van der Waals surface area (Å²) in [5.41, 5.74) is 5.81. The number of imidazole rings is 1. The molecule has 5 nitrogen and oxygen atoms in total. The van der Waals surface area contributed by atoms with Crippen molar-refractivity contribution in [1.82, 2.24) is 9.55 Å². The topological polar surface area (TPSA) is 56.3 Å². The van der Waals surface area contributed by atoms with Gasteiger partial charge in [-0.25, -0.2) is 4.98 Å². The van der Waals surface area contributed by atoms with Crippen LogP contribution >= 0.6 is 0 Å². The number of ether oxygens (including phenoxy) is 1. The van der Waals surface area contributed by atoms with Crippen LogP contribution in [0.5, 0.6) is 0 Å². The maximum atomic E-state index is 5.81. The summed E-state index contributed by atoms with van der Waals surface area (Å²) >= 11 is 0. The molecule has 2 N–H and O–H groups in total. The predicted molar refractivity (Wildman–Crippen MR) is 68.2 cm³/mol. The Kier molecular flexibility index (Phi) is 4.02. The Hall–Kier alpha value is -1.07. The molecule has 2 atom stereocenters. The molecular formula is C12H22N4O. The fourth-order valence-electron chi connectivity index (χ4n) is 2.54. The zero-order valence-electron chi connectivity index (χ0n) is 10.7. The van der Waals surface area contributed by atoms with Gasteiger partial charge in [-0.1, -0.05) is 0 Å². The van der Waals surface area contributed by atoms with Crippen molar-refractivity contribution in [1.29, 1.82) is 0 Å². The molecule has 0 aliphatic carbocycles. The molecule has 1 fully saturated rings. The molecule has 0 radical (unpaired) electrons. The average molecular weight is 238 g/mol. The maximum Gasteiger partial charge on any atom is 0.206 e. The lowest BCUT2D eigenvalue weighted by Gasteiger charge is -2.27. The van der Waals surface area contributed by atoms with Crippen molar-refractivity contribution in [2.24, 2.45) is 5.73 Å². The Morgan fingerprint density at radius 2 is 2.47 bits per heavy atom. The second kappa shape index (κ2) is 5.51. The van der Waals surface area contributed by atoms with E-state index >= 15 is 0 Å². The van der Waals surface area contributed by atoms with Crippen LogP contribution in [0.1, 0.15) is 25.8 Å². The van der Waals surface area contributed by atoms with Crippen LogP contribution in [0.2, 0.25) is 0 Å². The molecule has 96 valence electrons. The van der Waals surface area contributed by atoms with Gasteiger partial charge in [0.05, 0.1) is 12.6 Å². The van der Waals surface area contributed by atoms with Crippen LogP contribution in [0.3, 0.4) is 0 Å². The first kappa shape index (κ1) is 12.4. The van der Waals surface area contributed by atoms with E-state index in [0.29, 0.717) is 25.2 Å². The van der Waals surface area contributed by atoms with Gasteiger partial charge in [0, 0.05) is 38.6 Å². The quantitative estimate of drug-likeness (QED) is 0.832. The Balaban J connectivity index is 2.18. The second-order valence-electron chi connectivity index (χ2n) is 4.66. The zero-order chi connectivity index (χ0) is 12.3. The summed E-state index contributed by atoms with van der Waals surface area (Å²) in [4.78, 5) is 6.80. The highest BCUT2D eigenvalue weighted by Crippen LogP contribution is 2.25. The van der Waals surface area contributed by atoms with Crippen molar-refractivity contribution >= 4 is 5.95 Å². The summed E-state index contributed by atoms with van der Waals surface area (Å²) in [6, 6.07) is 0.738. The van der Waals surface area contributed by atoms with Crippen molar-refractivity contribution < 1.29 is 4.74 Å². The van der Waals surface area contributed by atoms with Crippen LogP contribution in [-0.2, 0) is 4.74 Å². The molecule has 0 saturated carbocycles. The first-order valence-corrected chi connectivity index (χ1v) is 6.26. The summed E-state index contributed by atoms with van der Waals surface area (Å²) in [5.74, 6) is 1.03. The van der Waals surface area contributed by atoms with Crippen molar-refractivity contribution in [3.8, 4) is 0 Å². The molecule has 1 aliphatic heterocycles. The van der Waals surface area contributed by atoms with E-state index < -0.39 is 0 Å². The van der Waals surface area contributed by atoms with Crippen LogP contribution < -0.4 is 10.6 Å². The predicted octanol–water partition coefficient (Wildman–Crippen LogP) is 1.02. The molecule has 1 aliphatic rings. The van der Waals surface area contributed by atoms with E-state index in [1.165, 1.54) is 12.8 Å². The van der Waals surface area contributed by atoms with Crippen molar-refractivity contribution in [2.75, 3.05) is 31.7 Å². The summed E-state index contributed by atoms with van der Waals surface area (Å²) in [7, 11) is 1.73. The van der Waals surface area contributed by atoms with Crippen LogP contribution in [-0.4, -0.2) is 42.4 Å². The molecule has 0 bridgehead atoms. The Bertz CT molecular complexity index is 352. The van der Waals surface area contributed by atoms with E-state index in [9.17, 15) is 0 Å². The number of nitrogens with two attached hydrogens (primary N) is 1. The third-order valence-electron chi connectivity index (χ3n) is 3.44. The van der Waals surface area contributed by atoms with Crippen molar-refractivity contribution in [2.45, 2.75) is 31.8 Å². The average Bonchev–Trinajstić information content (AvgIpc) is 2.97. The number of nitrogens with zero attached hydrogens (tertiary/aromatic N) is 3. The summed E-state index contributed by atoms with van der Waals surface area (Å²) in [5, 5.41) is 0. The highest BCUT2D eigenvalue weighted by Gasteiger charge is 2.27. The van der Waals surface area contributed by atoms with Crippen molar-refractivity contribution in [3.63, 3.8) is 0 Å². The van der Waals surface area contributed by atoms with Crippen LogP contribution in [0.25, 0.3) is 0 Å². The van der Waals surface area contributed by atoms with Gasteiger partial charge in [-0.2, -0.15) is 0 Å². The van der Waals surface area contributed by atoms with Gasteiger partial charge in [-0.15, -0.1) is 0 Å². The molecule has 0 spiro atoms. The number of hydrogen-bond acceptors (Lipinski definition) is 4. The van der Waals surface area contributed by atoms with Gasteiger partial charge in [0.15, 0.2) is 0 Å². The minimum atomic E-state index is 0.302. The molecule has 1 aromatic heterocycles. The van der Waals surface area contributed by atoms with Gasteiger partial charge in [0.25, 0.3) is 0 Å². The number of anilines is 1. The van der Waals surface area contributed by atoms with Gasteiger partial charge in [-0.05, 0) is 19.8 Å². The van der Waals surface area contributed by atoms with Gasteiger partial charge in [-0.3, -0.25) is 0 Å². The minimum absolute atomic E-state index is 0.302. The van der Waals surface area contributed by atoms with Gasteiger partial charge >= 0.3 is 0 Å². The van der Waals surface area contributed by atoms with Crippen molar-refractivity contribution in [3.05, 3.63) is 12.4 Å². The Morgan fingerprint density at radius 1 is 1.65 bits per heavy atom. The monoisotopic (exact) mass is 238 g/mol. The zero-order valence-corrected chi connectivity index (χ0v) is 10.7. The molecule has 2 unspecified atom stereocenters. The van der Waals surface area contributed by atoms with E-state index in [2.05, 4.69) is 21.4 Å². The van der Waals surface area contributed by atoms with E-state index in [0.717, 1.165) is 12.5 Å². The second-order valence-corrected chi connectivity index (χ2v) is 4.66. The number of aromatic nitrogens is 2. The molecule has 0 amide bonds. The molecule has 17 heavy (non-hydrogen) atoms. The minimum Gasteiger partial charge on any atom is -0.383 e. The molecule has 0 aromatic carbocycles. The molecule has 1 aromatic rings. The Morgan fingerprint density at radius 3 is 3.18 bits per heavy atom. The first-order chi connectivity index (χ1) is 8.27. The van der Waals surface area contributed by atoms with Gasteiger partial charge in [0.1, 0.15) is 0 Å².